The van der Waals surface area contributed by atoms with E-state index in [0.717, 1.165) is 13.2 Å². The monoisotopic (exact) mass is 87.1 g/mol. The fourth-order valence-corrected chi connectivity index (χ4v) is 0.353. The maximum absolute atomic E-state index is 4.61. The summed E-state index contributed by atoms with van der Waals surface area (Å²) < 4.78 is 1.76. The lowest BCUT2D eigenvalue weighted by Gasteiger charge is -1.67. The maximum atomic E-state index is 4.61. The van der Waals surface area contributed by atoms with Crippen molar-refractivity contribution < 1.29 is 9.53 Å². The molecule has 0 aromatic heterocycles. The van der Waals surface area contributed by atoms with E-state index in [0.29, 0.717) is 0 Å². The molecule has 1 heterocycles. The number of rotatable bonds is 0. The van der Waals surface area contributed by atoms with E-state index in [-0.39, 0.29) is 0 Å². The average Bonchev–Trinajstić information content (AvgIpc) is 1.86. The minimum absolute atomic E-state index is 0.747. The van der Waals surface area contributed by atoms with Gasteiger partial charge in [0.25, 0.3) is 0 Å². The second-order valence-corrected chi connectivity index (χ2v) is 1.30. The van der Waals surface area contributed by atoms with Crippen LogP contribution in [0.4, 0.5) is 0 Å². The summed E-state index contributed by atoms with van der Waals surface area (Å²) in [5, 5.41) is 3.57. The summed E-state index contributed by atoms with van der Waals surface area (Å²) in [5.74, 6) is 0. The third kappa shape index (κ3) is 0.478. The molecular weight excluding hydrogens is 80.0 g/mol. The van der Waals surface area contributed by atoms with Crippen molar-refractivity contribution >= 4 is 0 Å². The molecule has 0 amide bonds. The second kappa shape index (κ2) is 1.24. The Labute approximate surface area is 36.2 Å². The highest BCUT2D eigenvalue weighted by atomic mass is 16.7. The zero-order valence-electron chi connectivity index (χ0n) is 3.72. The Balaban J connectivity index is 2.45. The average molecular weight is 87.1 g/mol. The first-order valence-electron chi connectivity index (χ1n) is 1.93. The van der Waals surface area contributed by atoms with Gasteiger partial charge in [0, 0.05) is 0 Å². The predicted octanol–water partition coefficient (Wildman–Crippen LogP) is 0.0261. The summed E-state index contributed by atoms with van der Waals surface area (Å²) in [6.07, 6.45) is 0. The van der Waals surface area contributed by atoms with E-state index in [9.17, 15) is 0 Å². The van der Waals surface area contributed by atoms with Crippen molar-refractivity contribution in [2.75, 3.05) is 20.2 Å². The maximum Gasteiger partial charge on any atom is 0.208 e. The quantitative estimate of drug-likeness (QED) is 0.382. The van der Waals surface area contributed by atoms with Gasteiger partial charge >= 0.3 is 0 Å². The summed E-state index contributed by atoms with van der Waals surface area (Å²) in [6.45, 7) is 1.68. The Morgan fingerprint density at radius 1 is 1.83 bits per heavy atom. The molecule has 3 nitrogen and oxygen atoms in total. The molecule has 0 unspecified atom stereocenters. The Morgan fingerprint density at radius 3 is 2.83 bits per heavy atom. The Kier molecular flexibility index (Phi) is 0.742. The Bertz CT molecular complexity index is 78.9. The van der Waals surface area contributed by atoms with Gasteiger partial charge in [0.15, 0.2) is 18.9 Å². The summed E-state index contributed by atoms with van der Waals surface area (Å²) in [5.41, 5.74) is 0. The van der Waals surface area contributed by atoms with Crippen LogP contribution in [-0.4, -0.2) is 24.9 Å². The number of likely N-dealkylation sites (N-methyl/N-ethyl adjacent to an activating group) is 1. The van der Waals surface area contributed by atoms with Crippen molar-refractivity contribution in [3.05, 3.63) is 0 Å². The van der Waals surface area contributed by atoms with Gasteiger partial charge in [-0.1, -0.05) is 4.70 Å². The molecule has 0 spiro atoms. The molecule has 1 rings (SSSR count). The zero-order chi connectivity index (χ0) is 4.41. The van der Waals surface area contributed by atoms with Crippen LogP contribution in [0.5, 0.6) is 0 Å². The predicted molar refractivity (Wildman–Crippen MR) is 19.4 cm³/mol. The van der Waals surface area contributed by atoms with Crippen LogP contribution in [0.25, 0.3) is 0 Å². The van der Waals surface area contributed by atoms with Gasteiger partial charge in [0.1, 0.15) is 0 Å². The fraction of sp³-hybridized carbons (Fsp3) is 1.00. The van der Waals surface area contributed by atoms with E-state index in [1.54, 1.807) is 4.70 Å². The molecule has 34 valence electrons. The van der Waals surface area contributed by atoms with Gasteiger partial charge in [-0.05, 0) is 0 Å². The molecule has 0 saturated heterocycles. The molecule has 0 bridgehead atoms. The highest BCUT2D eigenvalue weighted by Crippen LogP contribution is 1.86. The standard InChI is InChI=1S/C3H7N2O/c1-5-2-3-6-4-5/h2-3H2,1H3/q+1. The van der Waals surface area contributed by atoms with E-state index in [4.69, 9.17) is 0 Å². The molecule has 0 radical (unpaired) electrons. The van der Waals surface area contributed by atoms with Crippen LogP contribution in [0.15, 0.2) is 5.28 Å². The second-order valence-electron chi connectivity index (χ2n) is 1.30. The van der Waals surface area contributed by atoms with Crippen LogP contribution >= 0.6 is 0 Å². The van der Waals surface area contributed by atoms with E-state index in [1.165, 1.54) is 0 Å². The molecule has 0 fully saturated rings. The summed E-state index contributed by atoms with van der Waals surface area (Å²) in [7, 11) is 1.88. The van der Waals surface area contributed by atoms with Gasteiger partial charge < -0.3 is 4.84 Å². The lowest BCUT2D eigenvalue weighted by Crippen LogP contribution is -1.98. The summed E-state index contributed by atoms with van der Waals surface area (Å²) >= 11 is 0. The van der Waals surface area contributed by atoms with Crippen LogP contribution in [0, 0.1) is 0 Å². The number of nitrogens with zero attached hydrogens (tertiary/aromatic N) is 2. The van der Waals surface area contributed by atoms with Crippen LogP contribution in [0.2, 0.25) is 0 Å². The summed E-state index contributed by atoms with van der Waals surface area (Å²) in [4.78, 5) is 4.61. The highest BCUT2D eigenvalue weighted by Gasteiger charge is 2.05. The molecule has 0 aromatic rings. The molecular formula is C3H7N2O+. The van der Waals surface area contributed by atoms with Gasteiger partial charge in [-0.2, -0.15) is 0 Å². The Morgan fingerprint density at radius 2 is 2.67 bits per heavy atom. The lowest BCUT2D eigenvalue weighted by molar-refractivity contribution is -0.559. The largest absolute Gasteiger partial charge is 0.341 e. The van der Waals surface area contributed by atoms with Crippen molar-refractivity contribution in [3.8, 4) is 0 Å². The van der Waals surface area contributed by atoms with Crippen molar-refractivity contribution in [3.63, 3.8) is 0 Å². The lowest BCUT2D eigenvalue weighted by atomic mass is 10.7. The fourth-order valence-electron chi connectivity index (χ4n) is 0.353. The van der Waals surface area contributed by atoms with E-state index in [1.807, 2.05) is 7.05 Å². The summed E-state index contributed by atoms with van der Waals surface area (Å²) in [6, 6.07) is 0. The van der Waals surface area contributed by atoms with Crippen molar-refractivity contribution in [1.82, 2.24) is 0 Å². The molecule has 0 saturated carbocycles. The topological polar surface area (TPSA) is 24.6 Å². The van der Waals surface area contributed by atoms with Crippen LogP contribution in [-0.2, 0) is 4.84 Å². The zero-order valence-corrected chi connectivity index (χ0v) is 3.72. The minimum atomic E-state index is 0.747. The SMILES string of the molecule is C[N+]1=NOCC1. The number of hydrogen-bond donors (Lipinski definition) is 0. The van der Waals surface area contributed by atoms with Gasteiger partial charge in [0.05, 0.1) is 0 Å². The van der Waals surface area contributed by atoms with Crippen LogP contribution < -0.4 is 0 Å². The molecule has 0 aliphatic carbocycles. The van der Waals surface area contributed by atoms with Crippen LogP contribution in [0.1, 0.15) is 0 Å². The van der Waals surface area contributed by atoms with Crippen molar-refractivity contribution in [1.29, 1.82) is 0 Å². The molecule has 0 aromatic carbocycles. The van der Waals surface area contributed by atoms with Crippen molar-refractivity contribution in [2.24, 2.45) is 5.28 Å². The van der Waals surface area contributed by atoms with Crippen LogP contribution in [0.3, 0.4) is 0 Å². The Hall–Kier alpha value is -0.600. The molecule has 1 aliphatic heterocycles. The number of hydrogen-bond acceptors (Lipinski definition) is 2. The first kappa shape index (κ1) is 3.59. The van der Waals surface area contributed by atoms with Crippen molar-refractivity contribution in [2.45, 2.75) is 0 Å². The molecule has 1 aliphatic rings. The van der Waals surface area contributed by atoms with E-state index >= 15 is 0 Å². The smallest absolute Gasteiger partial charge is 0.208 e. The minimum Gasteiger partial charge on any atom is -0.341 e. The van der Waals surface area contributed by atoms with E-state index in [2.05, 4.69) is 10.1 Å². The molecule has 0 N–H and O–H groups in total. The van der Waals surface area contributed by atoms with Gasteiger partial charge in [-0.25, -0.2) is 0 Å². The van der Waals surface area contributed by atoms with Gasteiger partial charge in [-0.3, -0.25) is 0 Å². The molecule has 3 heteroatoms. The molecule has 6 heavy (non-hydrogen) atoms. The van der Waals surface area contributed by atoms with Gasteiger partial charge in [-0.15, -0.1) is 0 Å². The normalized spacial score (nSPS) is 19.8. The third-order valence-electron chi connectivity index (χ3n) is 0.703. The first-order valence-corrected chi connectivity index (χ1v) is 1.93. The van der Waals surface area contributed by atoms with E-state index < -0.39 is 0 Å². The highest BCUT2D eigenvalue weighted by molar-refractivity contribution is 4.19. The molecule has 0 atom stereocenters. The first-order chi connectivity index (χ1) is 2.89. The van der Waals surface area contributed by atoms with Gasteiger partial charge in [0.2, 0.25) is 6.54 Å². The third-order valence-corrected chi connectivity index (χ3v) is 0.703.